The fraction of sp³-hybridized carbons (Fsp3) is 0.385. The van der Waals surface area contributed by atoms with E-state index in [1.165, 1.54) is 0 Å². The van der Waals surface area contributed by atoms with Crippen molar-refractivity contribution in [2.45, 2.75) is 18.9 Å². The van der Waals surface area contributed by atoms with E-state index in [-0.39, 0.29) is 6.10 Å². The van der Waals surface area contributed by atoms with Gasteiger partial charge < -0.3 is 10.0 Å². The zero-order valence-electron chi connectivity index (χ0n) is 10.1. The molecule has 5 heteroatoms. The smallest absolute Gasteiger partial charge is 0.245 e. The lowest BCUT2D eigenvalue weighted by Crippen LogP contribution is -2.36. The van der Waals surface area contributed by atoms with Crippen LogP contribution in [-0.4, -0.2) is 39.1 Å². The summed E-state index contributed by atoms with van der Waals surface area (Å²) >= 11 is 0. The molecule has 0 bridgehead atoms. The Labute approximate surface area is 106 Å². The molecule has 0 saturated carbocycles. The van der Waals surface area contributed by atoms with Crippen molar-refractivity contribution in [1.82, 2.24) is 14.8 Å². The lowest BCUT2D eigenvalue weighted by Gasteiger charge is -2.28. The van der Waals surface area contributed by atoms with Gasteiger partial charge in [0.1, 0.15) is 6.33 Å². The van der Waals surface area contributed by atoms with Gasteiger partial charge >= 0.3 is 0 Å². The Kier molecular flexibility index (Phi) is 2.98. The maximum absolute atomic E-state index is 9.48. The van der Waals surface area contributed by atoms with Crippen LogP contribution in [0.1, 0.15) is 12.8 Å². The maximum Gasteiger partial charge on any atom is 0.245 e. The van der Waals surface area contributed by atoms with Crippen LogP contribution >= 0.6 is 0 Å². The third-order valence-electron chi connectivity index (χ3n) is 3.25. The van der Waals surface area contributed by atoms with Gasteiger partial charge in [-0.2, -0.15) is 4.98 Å². The number of anilines is 1. The Morgan fingerprint density at radius 1 is 1.11 bits per heavy atom. The number of nitrogens with zero attached hydrogens (tertiary/aromatic N) is 4. The lowest BCUT2D eigenvalue weighted by molar-refractivity contribution is 0.145. The molecule has 0 spiro atoms. The number of piperidine rings is 1. The van der Waals surface area contributed by atoms with Gasteiger partial charge in [0.15, 0.2) is 0 Å². The number of hydrogen-bond donors (Lipinski definition) is 1. The second kappa shape index (κ2) is 4.78. The second-order valence-corrected chi connectivity index (χ2v) is 4.54. The van der Waals surface area contributed by atoms with Crippen molar-refractivity contribution in [3.8, 4) is 5.69 Å². The maximum atomic E-state index is 9.48. The number of aliphatic hydroxyl groups excluding tert-OH is 1. The Hall–Kier alpha value is -1.88. The molecule has 94 valence electrons. The first-order valence-corrected chi connectivity index (χ1v) is 6.23. The summed E-state index contributed by atoms with van der Waals surface area (Å²) in [7, 11) is 0. The third-order valence-corrected chi connectivity index (χ3v) is 3.25. The highest BCUT2D eigenvalue weighted by molar-refractivity contribution is 5.34. The molecule has 0 amide bonds. The van der Waals surface area contributed by atoms with Crippen LogP contribution in [0.3, 0.4) is 0 Å². The van der Waals surface area contributed by atoms with Gasteiger partial charge in [0.25, 0.3) is 0 Å². The predicted octanol–water partition coefficient (Wildman–Crippen LogP) is 1.23. The Morgan fingerprint density at radius 3 is 2.56 bits per heavy atom. The van der Waals surface area contributed by atoms with Crippen LogP contribution in [0.2, 0.25) is 0 Å². The molecule has 18 heavy (non-hydrogen) atoms. The van der Waals surface area contributed by atoms with E-state index in [1.807, 2.05) is 30.3 Å². The van der Waals surface area contributed by atoms with Gasteiger partial charge in [-0.1, -0.05) is 18.2 Å². The first-order valence-electron chi connectivity index (χ1n) is 6.23. The summed E-state index contributed by atoms with van der Waals surface area (Å²) in [6.07, 6.45) is 3.15. The minimum Gasteiger partial charge on any atom is -0.393 e. The highest BCUT2D eigenvalue weighted by atomic mass is 16.3. The summed E-state index contributed by atoms with van der Waals surface area (Å²) in [6.45, 7) is 1.64. The molecular weight excluding hydrogens is 228 g/mol. The van der Waals surface area contributed by atoms with Crippen LogP contribution in [-0.2, 0) is 0 Å². The molecule has 1 aromatic heterocycles. The van der Waals surface area contributed by atoms with Crippen LogP contribution in [0.5, 0.6) is 0 Å². The molecule has 1 saturated heterocycles. The zero-order chi connectivity index (χ0) is 12.4. The van der Waals surface area contributed by atoms with E-state index in [2.05, 4.69) is 15.0 Å². The molecule has 1 aliphatic rings. The molecule has 1 aromatic carbocycles. The molecule has 5 nitrogen and oxygen atoms in total. The first-order chi connectivity index (χ1) is 8.83. The Bertz CT molecular complexity index is 503. The molecule has 1 N–H and O–H groups in total. The number of aliphatic hydroxyl groups is 1. The van der Waals surface area contributed by atoms with E-state index in [0.29, 0.717) is 0 Å². The number of rotatable bonds is 2. The summed E-state index contributed by atoms with van der Waals surface area (Å²) < 4.78 is 1.78. The van der Waals surface area contributed by atoms with E-state index in [4.69, 9.17) is 0 Å². The molecule has 2 aromatic rings. The van der Waals surface area contributed by atoms with Gasteiger partial charge in [0.05, 0.1) is 11.8 Å². The number of aromatic nitrogens is 3. The van der Waals surface area contributed by atoms with Gasteiger partial charge in [0, 0.05) is 13.1 Å². The van der Waals surface area contributed by atoms with Crippen LogP contribution in [0, 0.1) is 0 Å². The number of benzene rings is 1. The van der Waals surface area contributed by atoms with Crippen molar-refractivity contribution in [2.24, 2.45) is 0 Å². The third kappa shape index (κ3) is 2.22. The highest BCUT2D eigenvalue weighted by Gasteiger charge is 2.19. The Balaban J connectivity index is 1.78. The molecule has 3 rings (SSSR count). The monoisotopic (exact) mass is 244 g/mol. The quantitative estimate of drug-likeness (QED) is 0.863. The van der Waals surface area contributed by atoms with Crippen molar-refractivity contribution in [2.75, 3.05) is 18.0 Å². The predicted molar refractivity (Wildman–Crippen MR) is 68.8 cm³/mol. The average Bonchev–Trinajstić information content (AvgIpc) is 2.90. The van der Waals surface area contributed by atoms with E-state index >= 15 is 0 Å². The molecule has 0 radical (unpaired) electrons. The first kappa shape index (κ1) is 11.2. The highest BCUT2D eigenvalue weighted by Crippen LogP contribution is 2.16. The fourth-order valence-electron chi connectivity index (χ4n) is 2.17. The van der Waals surface area contributed by atoms with Gasteiger partial charge in [-0.3, -0.25) is 0 Å². The van der Waals surface area contributed by atoms with Crippen LogP contribution < -0.4 is 4.90 Å². The molecular formula is C13H16N4O. The summed E-state index contributed by atoms with van der Waals surface area (Å²) in [5, 5.41) is 14.0. The van der Waals surface area contributed by atoms with Crippen LogP contribution in [0.15, 0.2) is 36.7 Å². The van der Waals surface area contributed by atoms with Gasteiger partial charge in [-0.05, 0) is 25.0 Å². The fourth-order valence-corrected chi connectivity index (χ4v) is 2.17. The SMILES string of the molecule is OC1CCN(c2ncn(-c3ccccc3)n2)CC1. The number of para-hydroxylation sites is 1. The molecule has 0 atom stereocenters. The topological polar surface area (TPSA) is 54.2 Å². The van der Waals surface area contributed by atoms with Gasteiger partial charge in [0.2, 0.25) is 5.95 Å². The Morgan fingerprint density at radius 2 is 1.83 bits per heavy atom. The molecule has 0 aliphatic carbocycles. The normalized spacial score (nSPS) is 17.1. The largest absolute Gasteiger partial charge is 0.393 e. The standard InChI is InChI=1S/C13H16N4O/c18-12-6-8-16(9-7-12)13-14-10-17(15-13)11-4-2-1-3-5-11/h1-5,10,12,18H,6-9H2. The lowest BCUT2D eigenvalue weighted by atomic mass is 10.1. The van der Waals surface area contributed by atoms with Gasteiger partial charge in [-0.15, -0.1) is 5.10 Å². The van der Waals surface area contributed by atoms with Crippen molar-refractivity contribution in [1.29, 1.82) is 0 Å². The average molecular weight is 244 g/mol. The molecule has 1 fully saturated rings. The van der Waals surface area contributed by atoms with Crippen molar-refractivity contribution in [3.63, 3.8) is 0 Å². The minimum absolute atomic E-state index is 0.169. The second-order valence-electron chi connectivity index (χ2n) is 4.54. The van der Waals surface area contributed by atoms with Gasteiger partial charge in [-0.25, -0.2) is 4.68 Å². The van der Waals surface area contributed by atoms with Crippen molar-refractivity contribution in [3.05, 3.63) is 36.7 Å². The van der Waals surface area contributed by atoms with Crippen LogP contribution in [0.4, 0.5) is 5.95 Å². The van der Waals surface area contributed by atoms with Crippen LogP contribution in [0.25, 0.3) is 5.69 Å². The molecule has 2 heterocycles. The summed E-state index contributed by atoms with van der Waals surface area (Å²) in [5.41, 5.74) is 1.01. The van der Waals surface area contributed by atoms with Crippen molar-refractivity contribution >= 4 is 5.95 Å². The molecule has 0 unspecified atom stereocenters. The minimum atomic E-state index is -0.169. The molecule has 1 aliphatic heterocycles. The summed E-state index contributed by atoms with van der Waals surface area (Å²) in [5.74, 6) is 0.741. The zero-order valence-corrected chi connectivity index (χ0v) is 10.1. The summed E-state index contributed by atoms with van der Waals surface area (Å²) in [6, 6.07) is 9.94. The van der Waals surface area contributed by atoms with E-state index < -0.39 is 0 Å². The van der Waals surface area contributed by atoms with Crippen molar-refractivity contribution < 1.29 is 5.11 Å². The van der Waals surface area contributed by atoms with E-state index in [0.717, 1.165) is 37.6 Å². The summed E-state index contributed by atoms with van der Waals surface area (Å²) in [4.78, 5) is 6.45. The number of hydrogen-bond acceptors (Lipinski definition) is 4. The van der Waals surface area contributed by atoms with E-state index in [1.54, 1.807) is 11.0 Å². The van der Waals surface area contributed by atoms with E-state index in [9.17, 15) is 5.11 Å².